The maximum atomic E-state index is 13.4. The van der Waals surface area contributed by atoms with E-state index in [1.807, 2.05) is 0 Å². The number of nitro groups is 1. The van der Waals surface area contributed by atoms with E-state index >= 15 is 0 Å². The monoisotopic (exact) mass is 265 g/mol. The number of halogens is 2. The van der Waals surface area contributed by atoms with Crippen LogP contribution >= 0.6 is 0 Å². The van der Waals surface area contributed by atoms with Crippen LogP contribution in [-0.4, -0.2) is 4.92 Å². The smallest absolute Gasteiger partial charge is 0.311 e. The summed E-state index contributed by atoms with van der Waals surface area (Å²) in [5.41, 5.74) is 0.363. The fourth-order valence-electron chi connectivity index (χ4n) is 1.54. The van der Waals surface area contributed by atoms with Crippen LogP contribution in [0.4, 0.5) is 14.5 Å². The van der Waals surface area contributed by atoms with Gasteiger partial charge in [0.1, 0.15) is 0 Å². The van der Waals surface area contributed by atoms with Crippen molar-refractivity contribution in [3.8, 4) is 11.5 Å². The minimum Gasteiger partial charge on any atom is -0.447 e. The first kappa shape index (κ1) is 12.9. The van der Waals surface area contributed by atoms with Gasteiger partial charge in [0, 0.05) is 6.07 Å². The van der Waals surface area contributed by atoms with Crippen molar-refractivity contribution in [2.75, 3.05) is 0 Å². The molecule has 0 saturated carbocycles. The number of hydrogen-bond acceptors (Lipinski definition) is 3. The lowest BCUT2D eigenvalue weighted by Crippen LogP contribution is -1.96. The van der Waals surface area contributed by atoms with Gasteiger partial charge in [-0.25, -0.2) is 4.39 Å². The number of benzene rings is 2. The van der Waals surface area contributed by atoms with Crippen LogP contribution in [0.5, 0.6) is 11.5 Å². The highest BCUT2D eigenvalue weighted by molar-refractivity contribution is 5.50. The predicted molar refractivity (Wildman–Crippen MR) is 64.3 cm³/mol. The molecule has 19 heavy (non-hydrogen) atoms. The van der Waals surface area contributed by atoms with E-state index < -0.39 is 22.3 Å². The second-order valence-corrected chi connectivity index (χ2v) is 3.88. The first-order valence-corrected chi connectivity index (χ1v) is 5.36. The maximum Gasteiger partial charge on any atom is 0.311 e. The standard InChI is InChI=1S/C13H9F2NO3/c1-8-5-6-11(10(7-8)16(17)18)19-12-4-2-3-9(14)13(12)15/h2-7H,1H3. The second-order valence-electron chi connectivity index (χ2n) is 3.88. The lowest BCUT2D eigenvalue weighted by Gasteiger charge is -2.08. The lowest BCUT2D eigenvalue weighted by molar-refractivity contribution is -0.385. The Labute approximate surface area is 107 Å². The fourth-order valence-corrected chi connectivity index (χ4v) is 1.54. The van der Waals surface area contributed by atoms with Gasteiger partial charge in [-0.05, 0) is 30.7 Å². The summed E-state index contributed by atoms with van der Waals surface area (Å²) in [6, 6.07) is 7.62. The molecular weight excluding hydrogens is 256 g/mol. The molecule has 4 nitrogen and oxygen atoms in total. The Kier molecular flexibility index (Phi) is 3.41. The average Bonchev–Trinajstić information content (AvgIpc) is 2.36. The molecule has 0 heterocycles. The molecule has 2 aromatic rings. The SMILES string of the molecule is Cc1ccc(Oc2cccc(F)c2F)c([N+](=O)[O-])c1. The van der Waals surface area contributed by atoms with E-state index in [0.717, 1.165) is 6.07 Å². The number of nitrogens with zero attached hydrogens (tertiary/aromatic N) is 1. The van der Waals surface area contributed by atoms with Gasteiger partial charge < -0.3 is 4.74 Å². The zero-order valence-electron chi connectivity index (χ0n) is 9.89. The van der Waals surface area contributed by atoms with E-state index in [9.17, 15) is 18.9 Å². The molecule has 0 fully saturated rings. The van der Waals surface area contributed by atoms with Crippen molar-refractivity contribution in [3.63, 3.8) is 0 Å². The second kappa shape index (κ2) is 5.01. The highest BCUT2D eigenvalue weighted by Crippen LogP contribution is 2.33. The molecule has 2 aromatic carbocycles. The van der Waals surface area contributed by atoms with Gasteiger partial charge >= 0.3 is 5.69 Å². The van der Waals surface area contributed by atoms with Gasteiger partial charge in [-0.3, -0.25) is 10.1 Å². The fraction of sp³-hybridized carbons (Fsp3) is 0.0769. The number of ether oxygens (including phenoxy) is 1. The first-order chi connectivity index (χ1) is 8.99. The Morgan fingerprint density at radius 2 is 1.89 bits per heavy atom. The van der Waals surface area contributed by atoms with E-state index in [0.29, 0.717) is 5.56 Å². The minimum absolute atomic E-state index is 0.139. The summed E-state index contributed by atoms with van der Waals surface area (Å²) in [6.07, 6.45) is 0. The van der Waals surface area contributed by atoms with Crippen LogP contribution in [0.3, 0.4) is 0 Å². The minimum atomic E-state index is -1.18. The molecule has 98 valence electrons. The van der Waals surface area contributed by atoms with Gasteiger partial charge in [0.05, 0.1) is 4.92 Å². The number of hydrogen-bond donors (Lipinski definition) is 0. The third-order valence-corrected chi connectivity index (χ3v) is 2.45. The number of nitro benzene ring substituents is 1. The van der Waals surface area contributed by atoms with Crippen molar-refractivity contribution in [2.24, 2.45) is 0 Å². The maximum absolute atomic E-state index is 13.4. The van der Waals surface area contributed by atoms with Gasteiger partial charge in [-0.1, -0.05) is 12.1 Å². The molecule has 0 unspecified atom stereocenters. The third kappa shape index (κ3) is 2.67. The summed E-state index contributed by atoms with van der Waals surface area (Å²) in [5.74, 6) is -2.79. The van der Waals surface area contributed by atoms with Gasteiger partial charge in [-0.2, -0.15) is 4.39 Å². The van der Waals surface area contributed by atoms with E-state index in [2.05, 4.69) is 0 Å². The largest absolute Gasteiger partial charge is 0.447 e. The van der Waals surface area contributed by atoms with Crippen molar-refractivity contribution in [3.05, 3.63) is 63.7 Å². The molecule has 0 bridgehead atoms. The zero-order valence-corrected chi connectivity index (χ0v) is 9.89. The van der Waals surface area contributed by atoms with Crippen LogP contribution in [0.15, 0.2) is 36.4 Å². The van der Waals surface area contributed by atoms with Gasteiger partial charge in [0.2, 0.25) is 11.6 Å². The molecule has 0 aliphatic rings. The summed E-state index contributed by atoms with van der Waals surface area (Å²) in [6.45, 7) is 1.68. The molecule has 0 spiro atoms. The van der Waals surface area contributed by atoms with Crippen molar-refractivity contribution in [1.82, 2.24) is 0 Å². The average molecular weight is 265 g/mol. The molecule has 0 aliphatic carbocycles. The quantitative estimate of drug-likeness (QED) is 0.623. The van der Waals surface area contributed by atoms with Crippen molar-refractivity contribution in [1.29, 1.82) is 0 Å². The summed E-state index contributed by atoms with van der Waals surface area (Å²) < 4.78 is 31.5. The highest BCUT2D eigenvalue weighted by atomic mass is 19.2. The van der Waals surface area contributed by atoms with Gasteiger partial charge in [-0.15, -0.1) is 0 Å². The molecule has 6 heteroatoms. The summed E-state index contributed by atoms with van der Waals surface area (Å²) in [5, 5.41) is 10.9. The van der Waals surface area contributed by atoms with Crippen LogP contribution in [0.25, 0.3) is 0 Å². The first-order valence-electron chi connectivity index (χ1n) is 5.36. The van der Waals surface area contributed by atoms with Crippen molar-refractivity contribution in [2.45, 2.75) is 6.92 Å². The normalized spacial score (nSPS) is 10.3. The molecular formula is C13H9F2NO3. The Hall–Kier alpha value is -2.50. The van der Waals surface area contributed by atoms with Crippen molar-refractivity contribution < 1.29 is 18.4 Å². The van der Waals surface area contributed by atoms with Crippen LogP contribution in [-0.2, 0) is 0 Å². The molecule has 0 radical (unpaired) electrons. The Morgan fingerprint density at radius 1 is 1.16 bits per heavy atom. The van der Waals surface area contributed by atoms with Crippen LogP contribution < -0.4 is 4.74 Å². The Morgan fingerprint density at radius 3 is 2.58 bits per heavy atom. The molecule has 0 aliphatic heterocycles. The van der Waals surface area contributed by atoms with Crippen molar-refractivity contribution >= 4 is 5.69 Å². The van der Waals surface area contributed by atoms with Crippen LogP contribution in [0.2, 0.25) is 0 Å². The van der Waals surface area contributed by atoms with E-state index in [4.69, 9.17) is 4.74 Å². The highest BCUT2D eigenvalue weighted by Gasteiger charge is 2.18. The molecule has 0 N–H and O–H groups in total. The molecule has 2 rings (SSSR count). The summed E-state index contributed by atoms with van der Waals surface area (Å²) >= 11 is 0. The number of rotatable bonds is 3. The van der Waals surface area contributed by atoms with Gasteiger partial charge in [0.25, 0.3) is 0 Å². The van der Waals surface area contributed by atoms with E-state index in [1.165, 1.54) is 24.3 Å². The predicted octanol–water partition coefficient (Wildman–Crippen LogP) is 3.97. The molecule has 0 saturated heterocycles. The van der Waals surface area contributed by atoms with Crippen LogP contribution in [0, 0.1) is 28.7 Å². The van der Waals surface area contributed by atoms with Gasteiger partial charge in [0.15, 0.2) is 11.6 Å². The lowest BCUT2D eigenvalue weighted by atomic mass is 10.2. The molecule has 0 amide bonds. The Bertz CT molecular complexity index is 644. The molecule has 0 aromatic heterocycles. The third-order valence-electron chi connectivity index (χ3n) is 2.45. The van der Waals surface area contributed by atoms with Crippen LogP contribution in [0.1, 0.15) is 5.56 Å². The summed E-state index contributed by atoms with van der Waals surface area (Å²) in [4.78, 5) is 10.2. The van der Waals surface area contributed by atoms with E-state index in [1.54, 1.807) is 13.0 Å². The summed E-state index contributed by atoms with van der Waals surface area (Å²) in [7, 11) is 0. The topological polar surface area (TPSA) is 52.4 Å². The zero-order chi connectivity index (χ0) is 14.0. The Balaban J connectivity index is 2.44. The number of aryl methyl sites for hydroxylation is 1. The van der Waals surface area contributed by atoms with E-state index in [-0.39, 0.29) is 11.4 Å². The molecule has 0 atom stereocenters.